The second-order valence-electron chi connectivity index (χ2n) is 5.02. The topological polar surface area (TPSA) is 96.2 Å². The van der Waals surface area contributed by atoms with Crippen molar-refractivity contribution in [3.05, 3.63) is 40.1 Å². The van der Waals surface area contributed by atoms with Gasteiger partial charge < -0.3 is 4.74 Å². The quantitative estimate of drug-likeness (QED) is 0.832. The Balaban J connectivity index is 1.97. The third kappa shape index (κ3) is 3.11. The van der Waals surface area contributed by atoms with Crippen molar-refractivity contribution in [2.24, 2.45) is 0 Å². The number of sulfonamides is 1. The van der Waals surface area contributed by atoms with E-state index < -0.39 is 16.1 Å². The molecular formula is C14H14N4O3S2. The van der Waals surface area contributed by atoms with E-state index in [9.17, 15) is 8.42 Å². The van der Waals surface area contributed by atoms with E-state index in [-0.39, 0.29) is 23.7 Å². The molecule has 1 atom stereocenters. The summed E-state index contributed by atoms with van der Waals surface area (Å²) in [6.07, 6.45) is 1.22. The van der Waals surface area contributed by atoms with Gasteiger partial charge in [0, 0.05) is 23.8 Å². The minimum absolute atomic E-state index is 0.0664. The molecule has 3 rings (SSSR count). The summed E-state index contributed by atoms with van der Waals surface area (Å²) >= 11 is 1.42. The highest BCUT2D eigenvalue weighted by Gasteiger charge is 2.36. The Morgan fingerprint density at radius 3 is 2.91 bits per heavy atom. The molecule has 0 spiro atoms. The van der Waals surface area contributed by atoms with Gasteiger partial charge in [-0.05, 0) is 19.1 Å². The van der Waals surface area contributed by atoms with Crippen LogP contribution in [0.4, 0.5) is 0 Å². The number of morpholine rings is 1. The molecule has 1 saturated heterocycles. The summed E-state index contributed by atoms with van der Waals surface area (Å²) in [5.41, 5.74) is 1.03. The van der Waals surface area contributed by atoms with E-state index in [4.69, 9.17) is 10.00 Å². The summed E-state index contributed by atoms with van der Waals surface area (Å²) in [6.45, 7) is 2.73. The van der Waals surface area contributed by atoms with Crippen molar-refractivity contribution in [3.63, 3.8) is 0 Å². The normalized spacial score (nSPS) is 19.4. The fourth-order valence-corrected chi connectivity index (χ4v) is 4.80. The minimum atomic E-state index is -3.73. The highest BCUT2D eigenvalue weighted by atomic mass is 32.2. The van der Waals surface area contributed by atoms with E-state index in [2.05, 4.69) is 9.97 Å². The SMILES string of the molecule is Cc1csc(C2COCCN2S(=O)(=O)c2ccc(C#N)nc2)n1. The van der Waals surface area contributed by atoms with Crippen LogP contribution in [0.25, 0.3) is 0 Å². The Labute approximate surface area is 138 Å². The highest BCUT2D eigenvalue weighted by Crippen LogP contribution is 2.31. The zero-order chi connectivity index (χ0) is 16.4. The highest BCUT2D eigenvalue weighted by molar-refractivity contribution is 7.89. The smallest absolute Gasteiger partial charge is 0.245 e. The Morgan fingerprint density at radius 2 is 2.30 bits per heavy atom. The maximum Gasteiger partial charge on any atom is 0.245 e. The van der Waals surface area contributed by atoms with Crippen LogP contribution in [0, 0.1) is 18.3 Å². The fourth-order valence-electron chi connectivity index (χ4n) is 2.33. The van der Waals surface area contributed by atoms with Crippen LogP contribution in [-0.2, 0) is 14.8 Å². The van der Waals surface area contributed by atoms with Gasteiger partial charge in [-0.25, -0.2) is 18.4 Å². The summed E-state index contributed by atoms with van der Waals surface area (Å²) < 4.78 is 32.6. The predicted octanol–water partition coefficient (Wildman–Crippen LogP) is 1.48. The van der Waals surface area contributed by atoms with Crippen LogP contribution in [0.2, 0.25) is 0 Å². The Bertz CT molecular complexity index is 840. The van der Waals surface area contributed by atoms with Crippen molar-refractivity contribution in [3.8, 4) is 6.07 Å². The van der Waals surface area contributed by atoms with Crippen molar-refractivity contribution in [1.82, 2.24) is 14.3 Å². The predicted molar refractivity (Wildman–Crippen MR) is 83.3 cm³/mol. The molecule has 0 saturated carbocycles. The van der Waals surface area contributed by atoms with Crippen molar-refractivity contribution in [1.29, 1.82) is 5.26 Å². The molecular weight excluding hydrogens is 336 g/mol. The van der Waals surface area contributed by atoms with E-state index >= 15 is 0 Å². The third-order valence-corrected chi connectivity index (χ3v) is 6.41. The summed E-state index contributed by atoms with van der Waals surface area (Å²) in [7, 11) is -3.73. The molecule has 0 N–H and O–H groups in total. The average Bonchev–Trinajstić information content (AvgIpc) is 3.01. The van der Waals surface area contributed by atoms with Crippen LogP contribution in [-0.4, -0.2) is 42.4 Å². The molecule has 23 heavy (non-hydrogen) atoms. The number of rotatable bonds is 3. The van der Waals surface area contributed by atoms with Crippen LogP contribution in [0.3, 0.4) is 0 Å². The number of nitrogens with zero attached hydrogens (tertiary/aromatic N) is 4. The van der Waals surface area contributed by atoms with Crippen LogP contribution in [0.5, 0.6) is 0 Å². The van der Waals surface area contributed by atoms with Gasteiger partial charge in [-0.3, -0.25) is 0 Å². The molecule has 2 aromatic rings. The zero-order valence-corrected chi connectivity index (χ0v) is 14.0. The van der Waals surface area contributed by atoms with Gasteiger partial charge in [0.15, 0.2) is 0 Å². The number of nitriles is 1. The molecule has 0 aromatic carbocycles. The first-order valence-corrected chi connectivity index (χ1v) is 9.22. The monoisotopic (exact) mass is 350 g/mol. The summed E-state index contributed by atoms with van der Waals surface area (Å²) in [5.74, 6) is 0. The molecule has 0 bridgehead atoms. The molecule has 1 unspecified atom stereocenters. The molecule has 2 aromatic heterocycles. The van der Waals surface area contributed by atoms with Gasteiger partial charge in [-0.15, -0.1) is 11.3 Å². The van der Waals surface area contributed by atoms with Crippen LogP contribution in [0.15, 0.2) is 28.6 Å². The standard InChI is InChI=1S/C14H14N4O3S2/c1-10-9-22-14(17-10)13-8-21-5-4-18(13)23(19,20)12-3-2-11(6-15)16-7-12/h2-3,7,9,13H,4-5,8H2,1H3. The van der Waals surface area contributed by atoms with Gasteiger partial charge >= 0.3 is 0 Å². The summed E-state index contributed by atoms with van der Waals surface area (Å²) in [5, 5.41) is 11.4. The van der Waals surface area contributed by atoms with Crippen LogP contribution in [0.1, 0.15) is 22.4 Å². The minimum Gasteiger partial charge on any atom is -0.378 e. The largest absolute Gasteiger partial charge is 0.378 e. The van der Waals surface area contributed by atoms with Crippen molar-refractivity contribution >= 4 is 21.4 Å². The Hall–Kier alpha value is -1.86. The van der Waals surface area contributed by atoms with E-state index in [0.717, 1.165) is 5.69 Å². The Morgan fingerprint density at radius 1 is 1.48 bits per heavy atom. The van der Waals surface area contributed by atoms with E-state index in [1.165, 1.54) is 34.0 Å². The van der Waals surface area contributed by atoms with Gasteiger partial charge in [0.1, 0.15) is 27.7 Å². The first-order chi connectivity index (χ1) is 11.0. The first kappa shape index (κ1) is 16.0. The third-order valence-electron chi connectivity index (χ3n) is 3.46. The number of aryl methyl sites for hydroxylation is 1. The second-order valence-corrected chi connectivity index (χ2v) is 7.80. The molecule has 1 aliphatic rings. The number of aromatic nitrogens is 2. The summed E-state index contributed by atoms with van der Waals surface area (Å²) in [6, 6.07) is 4.24. The fraction of sp³-hybridized carbons (Fsp3) is 0.357. The van der Waals surface area contributed by atoms with Crippen LogP contribution >= 0.6 is 11.3 Å². The number of hydrogen-bond donors (Lipinski definition) is 0. The lowest BCUT2D eigenvalue weighted by molar-refractivity contribution is 0.0319. The van der Waals surface area contributed by atoms with Crippen molar-refractivity contribution < 1.29 is 13.2 Å². The van der Waals surface area contributed by atoms with E-state index in [1.54, 1.807) is 0 Å². The molecule has 1 aliphatic heterocycles. The number of thiazole rings is 1. The van der Waals surface area contributed by atoms with Crippen molar-refractivity contribution in [2.45, 2.75) is 17.9 Å². The molecule has 1 fully saturated rings. The first-order valence-electron chi connectivity index (χ1n) is 6.90. The lowest BCUT2D eigenvalue weighted by Crippen LogP contribution is -2.43. The zero-order valence-electron chi connectivity index (χ0n) is 12.3. The average molecular weight is 350 g/mol. The molecule has 0 aliphatic carbocycles. The number of hydrogen-bond acceptors (Lipinski definition) is 7. The Kier molecular flexibility index (Phi) is 4.41. The molecule has 3 heterocycles. The van der Waals surface area contributed by atoms with Gasteiger partial charge in [0.25, 0.3) is 0 Å². The van der Waals surface area contributed by atoms with Gasteiger partial charge in [-0.2, -0.15) is 9.57 Å². The molecule has 9 heteroatoms. The van der Waals surface area contributed by atoms with E-state index in [1.807, 2.05) is 18.4 Å². The molecule has 0 radical (unpaired) electrons. The maximum absolute atomic E-state index is 12.9. The second kappa shape index (κ2) is 6.33. The van der Waals surface area contributed by atoms with Gasteiger partial charge in [0.2, 0.25) is 10.0 Å². The molecule has 0 amide bonds. The number of pyridine rings is 1. The van der Waals surface area contributed by atoms with Crippen LogP contribution < -0.4 is 0 Å². The van der Waals surface area contributed by atoms with Gasteiger partial charge in [-0.1, -0.05) is 0 Å². The summed E-state index contributed by atoms with van der Waals surface area (Å²) in [4.78, 5) is 8.31. The maximum atomic E-state index is 12.9. The van der Waals surface area contributed by atoms with Crippen molar-refractivity contribution in [2.75, 3.05) is 19.8 Å². The molecule has 120 valence electrons. The number of ether oxygens (including phenoxy) is 1. The molecule has 7 nitrogen and oxygen atoms in total. The lowest BCUT2D eigenvalue weighted by Gasteiger charge is -2.33. The lowest BCUT2D eigenvalue weighted by atomic mass is 10.3. The van der Waals surface area contributed by atoms with E-state index in [0.29, 0.717) is 11.6 Å². The van der Waals surface area contributed by atoms with Gasteiger partial charge in [0.05, 0.1) is 13.2 Å².